The van der Waals surface area contributed by atoms with Crippen LogP contribution < -0.4 is 4.90 Å². The third-order valence-electron chi connectivity index (χ3n) is 13.4. The molecule has 0 aliphatic rings. The number of rotatable bonds is 8. The van der Waals surface area contributed by atoms with Crippen LogP contribution >= 0.6 is 0 Å². The molecule has 0 fully saturated rings. The SMILES string of the molecule is Cc1cc(-c2cccc(-n3c4ccccc4c4ccccc43)c2)cc(C)c1N(c1ccc(-c2ccc(-c3ccc4ccccc4c3)cc2)cc1)c1ccc(-c2ccc3ccccc3c2)cc1. The number of aromatic nitrogens is 1. The standard InChI is InChI=1S/C64H46N2/c1-43-38-56(53-16-11-17-59(42-53)66-62-20-9-7-18-60(62)61-19-8-10-21-63(61)66)39-44(2)64(43)65(58-36-32-50(33-37-58)55-29-27-46-13-4-6-15-52(46)41-55)57-34-30-48(31-35-57)47-22-24-49(25-23-47)54-28-26-45-12-3-5-14-51(45)40-54/h3-42H,1-2H3. The molecular formula is C64H46N2. The minimum Gasteiger partial charge on any atom is -0.310 e. The molecule has 2 heteroatoms. The molecule has 0 saturated carbocycles. The van der Waals surface area contributed by atoms with Gasteiger partial charge in [-0.1, -0.05) is 170 Å². The Morgan fingerprint density at radius 2 is 0.682 bits per heavy atom. The van der Waals surface area contributed by atoms with E-state index in [4.69, 9.17) is 0 Å². The molecular weight excluding hydrogens is 797 g/mol. The van der Waals surface area contributed by atoms with Crippen molar-refractivity contribution in [3.05, 3.63) is 254 Å². The van der Waals surface area contributed by atoms with Gasteiger partial charge in [0.1, 0.15) is 0 Å². The van der Waals surface area contributed by atoms with E-state index in [1.807, 2.05) is 0 Å². The van der Waals surface area contributed by atoms with Gasteiger partial charge in [0, 0.05) is 27.8 Å². The summed E-state index contributed by atoms with van der Waals surface area (Å²) in [5.41, 5.74) is 19.0. The van der Waals surface area contributed by atoms with E-state index in [1.54, 1.807) is 0 Å². The number of hydrogen-bond donors (Lipinski definition) is 0. The van der Waals surface area contributed by atoms with Crippen LogP contribution in [0.1, 0.15) is 11.1 Å². The molecule has 0 aliphatic carbocycles. The molecule has 0 bridgehead atoms. The van der Waals surface area contributed by atoms with E-state index in [2.05, 4.69) is 266 Å². The minimum atomic E-state index is 1.11. The molecule has 0 spiro atoms. The van der Waals surface area contributed by atoms with Crippen LogP contribution in [0, 0.1) is 13.8 Å². The topological polar surface area (TPSA) is 8.17 Å². The highest BCUT2D eigenvalue weighted by atomic mass is 15.1. The van der Waals surface area contributed by atoms with Crippen molar-refractivity contribution in [1.82, 2.24) is 4.57 Å². The summed E-state index contributed by atoms with van der Waals surface area (Å²) in [5, 5.41) is 7.55. The summed E-state index contributed by atoms with van der Waals surface area (Å²) in [6, 6.07) is 88.8. The van der Waals surface area contributed by atoms with Crippen LogP contribution in [0.15, 0.2) is 243 Å². The van der Waals surface area contributed by atoms with Gasteiger partial charge in [-0.3, -0.25) is 0 Å². The van der Waals surface area contributed by atoms with Gasteiger partial charge in [0.25, 0.3) is 0 Å². The zero-order valence-electron chi connectivity index (χ0n) is 37.0. The molecule has 0 saturated heterocycles. The molecule has 12 aromatic rings. The first kappa shape index (κ1) is 39.2. The number of aryl methyl sites for hydroxylation is 2. The van der Waals surface area contributed by atoms with Gasteiger partial charge in [-0.25, -0.2) is 0 Å². The number of benzene rings is 11. The summed E-state index contributed by atoms with van der Waals surface area (Å²) in [6.07, 6.45) is 0. The lowest BCUT2D eigenvalue weighted by molar-refractivity contribution is 1.18. The molecule has 0 unspecified atom stereocenters. The Kier molecular flexibility index (Phi) is 9.65. The van der Waals surface area contributed by atoms with Gasteiger partial charge in [0.05, 0.1) is 16.7 Å². The summed E-state index contributed by atoms with van der Waals surface area (Å²) in [7, 11) is 0. The second-order valence-electron chi connectivity index (χ2n) is 17.5. The number of fused-ring (bicyclic) bond motifs is 5. The molecule has 1 aromatic heterocycles. The van der Waals surface area contributed by atoms with Crippen LogP contribution in [-0.2, 0) is 0 Å². The van der Waals surface area contributed by atoms with Crippen molar-refractivity contribution in [2.45, 2.75) is 13.8 Å². The van der Waals surface area contributed by atoms with Crippen molar-refractivity contribution in [2.24, 2.45) is 0 Å². The molecule has 0 amide bonds. The summed E-state index contributed by atoms with van der Waals surface area (Å²) in [4.78, 5) is 2.43. The Morgan fingerprint density at radius 3 is 1.18 bits per heavy atom. The second kappa shape index (κ2) is 16.3. The molecule has 2 nitrogen and oxygen atoms in total. The number of anilines is 3. The van der Waals surface area contributed by atoms with Gasteiger partial charge in [-0.15, -0.1) is 0 Å². The Labute approximate surface area is 385 Å². The molecule has 0 N–H and O–H groups in total. The highest BCUT2D eigenvalue weighted by molar-refractivity contribution is 6.09. The van der Waals surface area contributed by atoms with Crippen LogP contribution in [-0.4, -0.2) is 4.57 Å². The lowest BCUT2D eigenvalue weighted by Gasteiger charge is -2.29. The fourth-order valence-electron chi connectivity index (χ4n) is 10.1. The van der Waals surface area contributed by atoms with E-state index >= 15 is 0 Å². The molecule has 0 aliphatic heterocycles. The first-order valence-corrected chi connectivity index (χ1v) is 22.8. The summed E-state index contributed by atoms with van der Waals surface area (Å²) < 4.78 is 2.40. The number of nitrogens with zero attached hydrogens (tertiary/aromatic N) is 2. The zero-order chi connectivity index (χ0) is 44.1. The Bertz CT molecular complexity index is 3690. The van der Waals surface area contributed by atoms with Crippen LogP contribution in [0.4, 0.5) is 17.1 Å². The number of hydrogen-bond acceptors (Lipinski definition) is 1. The predicted molar refractivity (Wildman–Crippen MR) is 282 cm³/mol. The molecule has 66 heavy (non-hydrogen) atoms. The Hall–Kier alpha value is -8.46. The van der Waals surface area contributed by atoms with Gasteiger partial charge in [-0.05, 0) is 164 Å². The van der Waals surface area contributed by atoms with Crippen LogP contribution in [0.3, 0.4) is 0 Å². The molecule has 0 atom stereocenters. The maximum absolute atomic E-state index is 2.43. The van der Waals surface area contributed by atoms with E-state index in [1.165, 1.54) is 105 Å². The minimum absolute atomic E-state index is 1.11. The van der Waals surface area contributed by atoms with Crippen molar-refractivity contribution in [3.63, 3.8) is 0 Å². The average Bonchev–Trinajstić information content (AvgIpc) is 3.72. The highest BCUT2D eigenvalue weighted by Crippen LogP contribution is 2.43. The van der Waals surface area contributed by atoms with Crippen LogP contribution in [0.2, 0.25) is 0 Å². The average molecular weight is 843 g/mol. The van der Waals surface area contributed by atoms with E-state index in [0.717, 1.165) is 17.1 Å². The fraction of sp³-hybridized carbons (Fsp3) is 0.0312. The normalized spacial score (nSPS) is 11.5. The van der Waals surface area contributed by atoms with E-state index < -0.39 is 0 Å². The molecule has 0 radical (unpaired) electrons. The Morgan fingerprint density at radius 1 is 0.288 bits per heavy atom. The third-order valence-corrected chi connectivity index (χ3v) is 13.4. The van der Waals surface area contributed by atoms with Crippen molar-refractivity contribution in [2.75, 3.05) is 4.90 Å². The van der Waals surface area contributed by atoms with Gasteiger partial charge < -0.3 is 9.47 Å². The molecule has 1 heterocycles. The lowest BCUT2D eigenvalue weighted by Crippen LogP contribution is -2.13. The van der Waals surface area contributed by atoms with Gasteiger partial charge in [0.2, 0.25) is 0 Å². The molecule has 11 aromatic carbocycles. The molecule has 12 rings (SSSR count). The van der Waals surface area contributed by atoms with E-state index in [0.29, 0.717) is 0 Å². The van der Waals surface area contributed by atoms with Crippen molar-refractivity contribution in [3.8, 4) is 50.2 Å². The maximum Gasteiger partial charge on any atom is 0.0541 e. The summed E-state index contributed by atoms with van der Waals surface area (Å²) in [5.74, 6) is 0. The van der Waals surface area contributed by atoms with Crippen molar-refractivity contribution >= 4 is 60.4 Å². The zero-order valence-corrected chi connectivity index (χ0v) is 37.0. The lowest BCUT2D eigenvalue weighted by atomic mass is 9.96. The van der Waals surface area contributed by atoms with Gasteiger partial charge in [-0.2, -0.15) is 0 Å². The fourth-order valence-corrected chi connectivity index (χ4v) is 10.1. The monoisotopic (exact) mass is 842 g/mol. The maximum atomic E-state index is 2.43. The first-order valence-electron chi connectivity index (χ1n) is 22.8. The summed E-state index contributed by atoms with van der Waals surface area (Å²) in [6.45, 7) is 4.51. The summed E-state index contributed by atoms with van der Waals surface area (Å²) >= 11 is 0. The highest BCUT2D eigenvalue weighted by Gasteiger charge is 2.20. The number of para-hydroxylation sites is 2. The van der Waals surface area contributed by atoms with Crippen LogP contribution in [0.25, 0.3) is 93.5 Å². The van der Waals surface area contributed by atoms with E-state index in [-0.39, 0.29) is 0 Å². The first-order chi connectivity index (χ1) is 32.5. The largest absolute Gasteiger partial charge is 0.310 e. The van der Waals surface area contributed by atoms with Gasteiger partial charge >= 0.3 is 0 Å². The van der Waals surface area contributed by atoms with E-state index in [9.17, 15) is 0 Å². The van der Waals surface area contributed by atoms with Crippen LogP contribution in [0.5, 0.6) is 0 Å². The third kappa shape index (κ3) is 7.01. The smallest absolute Gasteiger partial charge is 0.0541 e. The van der Waals surface area contributed by atoms with Gasteiger partial charge in [0.15, 0.2) is 0 Å². The Balaban J connectivity index is 0.914. The molecule has 312 valence electrons. The predicted octanol–water partition coefficient (Wildman–Crippen LogP) is 17.8. The second-order valence-corrected chi connectivity index (χ2v) is 17.5. The quantitative estimate of drug-likeness (QED) is 0.148. The van der Waals surface area contributed by atoms with Crippen molar-refractivity contribution in [1.29, 1.82) is 0 Å². The van der Waals surface area contributed by atoms with Crippen molar-refractivity contribution < 1.29 is 0 Å².